The maximum atomic E-state index is 11.0. The van der Waals surface area contributed by atoms with Crippen LogP contribution in [0.3, 0.4) is 0 Å². The van der Waals surface area contributed by atoms with Gasteiger partial charge in [0.25, 0.3) is 0 Å². The molecule has 1 amide bonds. The van der Waals surface area contributed by atoms with Crippen molar-refractivity contribution < 1.29 is 9.90 Å². The number of aliphatic hydroxyl groups excluding tert-OH is 1. The van der Waals surface area contributed by atoms with E-state index in [9.17, 15) is 4.79 Å². The molecule has 0 bridgehead atoms. The number of hydrogen-bond acceptors (Lipinski definition) is 3. The highest BCUT2D eigenvalue weighted by Gasteiger charge is 1.92. The second kappa shape index (κ2) is 11.9. The molecule has 0 aliphatic rings. The predicted octanol–water partition coefficient (Wildman–Crippen LogP) is 1.65. The van der Waals surface area contributed by atoms with Crippen molar-refractivity contribution in [3.8, 4) is 0 Å². The molecule has 0 aromatic carbocycles. The Balaban J connectivity index is 3.37. The molecule has 0 aliphatic heterocycles. The zero-order valence-electron chi connectivity index (χ0n) is 9.98. The molecule has 4 nitrogen and oxygen atoms in total. The quantitative estimate of drug-likeness (QED) is 0.464. The lowest BCUT2D eigenvalue weighted by Gasteiger charge is -1.95. The van der Waals surface area contributed by atoms with E-state index in [0.717, 1.165) is 25.7 Å². The third-order valence-electron chi connectivity index (χ3n) is 1.97. The van der Waals surface area contributed by atoms with Gasteiger partial charge in [-0.3, -0.25) is 9.79 Å². The minimum Gasteiger partial charge on any atom is -0.396 e. The lowest BCUT2D eigenvalue weighted by Crippen LogP contribution is -2.21. The smallest absolute Gasteiger partial charge is 0.223 e. The summed E-state index contributed by atoms with van der Waals surface area (Å²) < 4.78 is 0. The van der Waals surface area contributed by atoms with Crippen LogP contribution in [0.25, 0.3) is 0 Å². The van der Waals surface area contributed by atoms with Crippen LogP contribution in [0.5, 0.6) is 0 Å². The molecule has 0 saturated heterocycles. The van der Waals surface area contributed by atoms with Gasteiger partial charge >= 0.3 is 0 Å². The van der Waals surface area contributed by atoms with Crippen molar-refractivity contribution in [2.24, 2.45) is 4.99 Å². The highest BCUT2D eigenvalue weighted by molar-refractivity contribution is 5.77. The predicted molar refractivity (Wildman–Crippen MR) is 66.5 cm³/mol. The highest BCUT2D eigenvalue weighted by Crippen LogP contribution is 1.96. The highest BCUT2D eigenvalue weighted by atomic mass is 16.2. The average Bonchev–Trinajstić information content (AvgIpc) is 2.27. The van der Waals surface area contributed by atoms with E-state index in [2.05, 4.69) is 10.3 Å². The Labute approximate surface area is 97.5 Å². The molecule has 0 spiro atoms. The number of unbranched alkanes of at least 4 members (excludes halogenated alkanes) is 3. The molecule has 0 atom stereocenters. The lowest BCUT2D eigenvalue weighted by molar-refractivity contribution is -0.120. The number of rotatable bonds is 9. The minimum absolute atomic E-state index is 0.0249. The van der Waals surface area contributed by atoms with Gasteiger partial charge in [0.2, 0.25) is 5.91 Å². The molecule has 16 heavy (non-hydrogen) atoms. The van der Waals surface area contributed by atoms with Crippen molar-refractivity contribution in [1.29, 1.82) is 0 Å². The fourth-order valence-corrected chi connectivity index (χ4v) is 1.15. The van der Waals surface area contributed by atoms with Gasteiger partial charge in [-0.1, -0.05) is 12.5 Å². The largest absolute Gasteiger partial charge is 0.396 e. The van der Waals surface area contributed by atoms with Crippen LogP contribution in [0.1, 0.15) is 39.0 Å². The van der Waals surface area contributed by atoms with Gasteiger partial charge in [-0.05, 0) is 26.2 Å². The minimum atomic E-state index is 0.0249. The average molecular weight is 226 g/mol. The van der Waals surface area contributed by atoms with Crippen LogP contribution < -0.4 is 5.32 Å². The van der Waals surface area contributed by atoms with E-state index >= 15 is 0 Å². The standard InChI is InChI=1S/C12H22N2O2/c1-2-14-12(16)8-7-10-13-9-5-3-4-6-11-15/h7,9-10,15H,2-6,8,11H2,1H3,(H,14,16)/b10-7+,13-9+. The van der Waals surface area contributed by atoms with Crippen molar-refractivity contribution >= 4 is 12.1 Å². The van der Waals surface area contributed by atoms with Gasteiger partial charge in [-0.25, -0.2) is 0 Å². The Morgan fingerprint density at radius 1 is 1.38 bits per heavy atom. The van der Waals surface area contributed by atoms with Gasteiger partial charge in [0.05, 0.1) is 0 Å². The van der Waals surface area contributed by atoms with Gasteiger partial charge in [0, 0.05) is 32.0 Å². The van der Waals surface area contributed by atoms with Crippen LogP contribution in [0.4, 0.5) is 0 Å². The number of nitrogens with zero attached hydrogens (tertiary/aromatic N) is 1. The number of carbonyl (C=O) groups is 1. The summed E-state index contributed by atoms with van der Waals surface area (Å²) in [6.45, 7) is 2.83. The first-order valence-electron chi connectivity index (χ1n) is 5.85. The molecule has 0 rings (SSSR count). The maximum Gasteiger partial charge on any atom is 0.223 e. The summed E-state index contributed by atoms with van der Waals surface area (Å²) in [6.07, 6.45) is 9.49. The zero-order valence-corrected chi connectivity index (χ0v) is 9.98. The third kappa shape index (κ3) is 10.9. The van der Waals surface area contributed by atoms with Gasteiger partial charge in [0.15, 0.2) is 0 Å². The van der Waals surface area contributed by atoms with E-state index in [4.69, 9.17) is 5.11 Å². The molecule has 92 valence electrons. The van der Waals surface area contributed by atoms with Gasteiger partial charge in [-0.15, -0.1) is 0 Å². The molecule has 0 radical (unpaired) electrons. The van der Waals surface area contributed by atoms with Crippen molar-refractivity contribution in [1.82, 2.24) is 5.32 Å². The fraction of sp³-hybridized carbons (Fsp3) is 0.667. The van der Waals surface area contributed by atoms with E-state index < -0.39 is 0 Å². The van der Waals surface area contributed by atoms with E-state index in [1.807, 2.05) is 13.1 Å². The first-order valence-corrected chi connectivity index (χ1v) is 5.85. The molecule has 4 heteroatoms. The van der Waals surface area contributed by atoms with Crippen molar-refractivity contribution in [2.75, 3.05) is 13.2 Å². The van der Waals surface area contributed by atoms with Gasteiger partial charge in [-0.2, -0.15) is 0 Å². The van der Waals surface area contributed by atoms with Crippen LogP contribution in [0.2, 0.25) is 0 Å². The van der Waals surface area contributed by atoms with E-state index in [-0.39, 0.29) is 12.5 Å². The monoisotopic (exact) mass is 226 g/mol. The van der Waals surface area contributed by atoms with Crippen LogP contribution in [0.15, 0.2) is 17.3 Å². The summed E-state index contributed by atoms with van der Waals surface area (Å²) in [7, 11) is 0. The number of hydrogen-bond donors (Lipinski definition) is 2. The Kier molecular flexibility index (Phi) is 11.0. The van der Waals surface area contributed by atoms with E-state index in [1.54, 1.807) is 12.3 Å². The third-order valence-corrected chi connectivity index (χ3v) is 1.97. The number of amides is 1. The summed E-state index contributed by atoms with van der Waals surface area (Å²) in [5.74, 6) is 0.0249. The Hall–Kier alpha value is -1.16. The molecule has 0 heterocycles. The molecule has 0 fully saturated rings. The zero-order chi connectivity index (χ0) is 12.1. The van der Waals surface area contributed by atoms with E-state index in [0.29, 0.717) is 13.0 Å². The molecular weight excluding hydrogens is 204 g/mol. The summed E-state index contributed by atoms with van der Waals surface area (Å²) in [5, 5.41) is 11.3. The number of nitrogens with one attached hydrogen (secondary N) is 1. The first kappa shape index (κ1) is 14.8. The fourth-order valence-electron chi connectivity index (χ4n) is 1.15. The Morgan fingerprint density at radius 3 is 2.88 bits per heavy atom. The van der Waals surface area contributed by atoms with Crippen LogP contribution >= 0.6 is 0 Å². The van der Waals surface area contributed by atoms with Crippen molar-refractivity contribution in [2.45, 2.75) is 39.0 Å². The maximum absolute atomic E-state index is 11.0. The summed E-state index contributed by atoms with van der Waals surface area (Å²) in [6, 6.07) is 0. The molecule has 2 N–H and O–H groups in total. The molecule has 0 saturated carbocycles. The lowest BCUT2D eigenvalue weighted by atomic mass is 10.2. The van der Waals surface area contributed by atoms with Crippen LogP contribution in [-0.4, -0.2) is 30.4 Å². The number of aliphatic imine (C=N–C) groups is 1. The van der Waals surface area contributed by atoms with E-state index in [1.165, 1.54) is 0 Å². The van der Waals surface area contributed by atoms with Crippen LogP contribution in [0, 0.1) is 0 Å². The van der Waals surface area contributed by atoms with Crippen molar-refractivity contribution in [3.63, 3.8) is 0 Å². The van der Waals surface area contributed by atoms with Crippen molar-refractivity contribution in [3.05, 3.63) is 12.3 Å². The second-order valence-corrected chi connectivity index (χ2v) is 3.45. The number of aliphatic hydroxyl groups is 1. The molecular formula is C12H22N2O2. The Bertz CT molecular complexity index is 225. The molecule has 0 aliphatic carbocycles. The van der Waals surface area contributed by atoms with Gasteiger partial charge in [0.1, 0.15) is 0 Å². The van der Waals surface area contributed by atoms with Gasteiger partial charge < -0.3 is 10.4 Å². The molecule has 0 unspecified atom stereocenters. The normalized spacial score (nSPS) is 11.4. The Morgan fingerprint density at radius 2 is 2.19 bits per heavy atom. The second-order valence-electron chi connectivity index (χ2n) is 3.45. The first-order chi connectivity index (χ1) is 7.81. The summed E-state index contributed by atoms with van der Waals surface area (Å²) in [5.41, 5.74) is 0. The summed E-state index contributed by atoms with van der Waals surface area (Å²) >= 11 is 0. The SMILES string of the molecule is CCNC(=O)C/C=C/N=C/CCCCCO. The molecule has 0 aromatic rings. The van der Waals surface area contributed by atoms with Crippen LogP contribution in [-0.2, 0) is 4.79 Å². The molecule has 0 aromatic heterocycles. The topological polar surface area (TPSA) is 61.7 Å². The number of carbonyl (C=O) groups excluding carboxylic acids is 1. The summed E-state index contributed by atoms with van der Waals surface area (Å²) in [4.78, 5) is 15.1.